The van der Waals surface area contributed by atoms with Crippen molar-refractivity contribution in [3.63, 3.8) is 0 Å². The van der Waals surface area contributed by atoms with Gasteiger partial charge in [0.05, 0.1) is 12.1 Å². The van der Waals surface area contributed by atoms with Crippen molar-refractivity contribution in [2.45, 2.75) is 24.9 Å². The molecular formula is C8H14F2N2O2. The number of hydrogen-bond donors (Lipinski definition) is 2. The summed E-state index contributed by atoms with van der Waals surface area (Å²) in [6, 6.07) is 0. The number of carbonyl (C=O) groups excluding carboxylic acids is 1. The van der Waals surface area contributed by atoms with Gasteiger partial charge in [-0.3, -0.25) is 4.79 Å². The maximum Gasteiger partial charge on any atom is 0.336 e. The van der Waals surface area contributed by atoms with Gasteiger partial charge in [0.2, 0.25) is 0 Å². The van der Waals surface area contributed by atoms with Gasteiger partial charge in [0.1, 0.15) is 0 Å². The van der Waals surface area contributed by atoms with E-state index in [2.05, 4.69) is 0 Å². The van der Waals surface area contributed by atoms with Crippen LogP contribution >= 0.6 is 0 Å². The number of amides is 1. The van der Waals surface area contributed by atoms with E-state index < -0.39 is 24.0 Å². The van der Waals surface area contributed by atoms with Gasteiger partial charge in [-0.1, -0.05) is 0 Å². The Balaban J connectivity index is 2.65. The van der Waals surface area contributed by atoms with Crippen LogP contribution in [0.4, 0.5) is 8.78 Å². The Morgan fingerprint density at radius 3 is 2.64 bits per heavy atom. The van der Waals surface area contributed by atoms with E-state index >= 15 is 0 Å². The van der Waals surface area contributed by atoms with E-state index in [1.165, 1.54) is 6.92 Å². The molecule has 6 heteroatoms. The summed E-state index contributed by atoms with van der Waals surface area (Å²) in [6.45, 7) is 0.619. The third-order valence-corrected chi connectivity index (χ3v) is 2.31. The molecule has 1 heterocycles. The lowest BCUT2D eigenvalue weighted by molar-refractivity contribution is -0.155. The normalized spacial score (nSPS) is 28.2. The Kier molecular flexibility index (Phi) is 2.78. The van der Waals surface area contributed by atoms with Crippen LogP contribution in [0.5, 0.6) is 0 Å². The molecule has 0 spiro atoms. The summed E-state index contributed by atoms with van der Waals surface area (Å²) in [5.74, 6) is -4.81. The van der Waals surface area contributed by atoms with Crippen LogP contribution in [0.3, 0.4) is 0 Å². The second-order valence-corrected chi connectivity index (χ2v) is 3.88. The van der Waals surface area contributed by atoms with Crippen molar-refractivity contribution < 1.29 is 18.7 Å². The van der Waals surface area contributed by atoms with E-state index in [-0.39, 0.29) is 13.1 Å². The van der Waals surface area contributed by atoms with Crippen molar-refractivity contribution in [2.75, 3.05) is 19.6 Å². The summed E-state index contributed by atoms with van der Waals surface area (Å²) in [5.41, 5.74) is 3.73. The summed E-state index contributed by atoms with van der Waals surface area (Å²) in [4.78, 5) is 12.1. The zero-order valence-electron chi connectivity index (χ0n) is 7.96. The van der Waals surface area contributed by atoms with Gasteiger partial charge in [-0.2, -0.15) is 8.78 Å². The summed E-state index contributed by atoms with van der Waals surface area (Å²) in [5, 5.41) is 9.48. The van der Waals surface area contributed by atoms with Gasteiger partial charge in [0, 0.05) is 13.1 Å². The van der Waals surface area contributed by atoms with Gasteiger partial charge < -0.3 is 15.7 Å². The smallest absolute Gasteiger partial charge is 0.336 e. The molecule has 0 saturated carbocycles. The minimum Gasteiger partial charge on any atom is -0.388 e. The number of β-amino-alcohol motifs (C(OH)–C–C–N with tert-alkyl or cyclic N) is 1. The van der Waals surface area contributed by atoms with Crippen LogP contribution in [-0.4, -0.2) is 47.1 Å². The number of rotatable bonds is 2. The molecule has 1 aliphatic rings. The highest BCUT2D eigenvalue weighted by molar-refractivity contribution is 5.84. The quantitative estimate of drug-likeness (QED) is 0.646. The molecule has 0 aromatic heterocycles. The highest BCUT2D eigenvalue weighted by Gasteiger charge is 2.45. The highest BCUT2D eigenvalue weighted by Crippen LogP contribution is 2.24. The fourth-order valence-electron chi connectivity index (χ4n) is 1.44. The third-order valence-electron chi connectivity index (χ3n) is 2.31. The van der Waals surface area contributed by atoms with E-state index in [1.807, 2.05) is 0 Å². The topological polar surface area (TPSA) is 66.6 Å². The van der Waals surface area contributed by atoms with Crippen molar-refractivity contribution in [3.05, 3.63) is 0 Å². The first kappa shape index (κ1) is 11.3. The van der Waals surface area contributed by atoms with E-state index in [4.69, 9.17) is 5.73 Å². The maximum atomic E-state index is 12.9. The van der Waals surface area contributed by atoms with Gasteiger partial charge in [-0.15, -0.1) is 0 Å². The van der Waals surface area contributed by atoms with Crippen LogP contribution in [0.2, 0.25) is 0 Å². The van der Waals surface area contributed by atoms with Crippen LogP contribution in [0.15, 0.2) is 0 Å². The monoisotopic (exact) mass is 208 g/mol. The van der Waals surface area contributed by atoms with Gasteiger partial charge in [0.25, 0.3) is 5.91 Å². The average Bonchev–Trinajstić information content (AvgIpc) is 2.44. The summed E-state index contributed by atoms with van der Waals surface area (Å²) in [7, 11) is 0. The lowest BCUT2D eigenvalue weighted by Gasteiger charge is -2.23. The summed E-state index contributed by atoms with van der Waals surface area (Å²) < 4.78 is 25.7. The van der Waals surface area contributed by atoms with Crippen LogP contribution in [-0.2, 0) is 4.79 Å². The number of nitrogens with two attached hydrogens (primary N) is 1. The summed E-state index contributed by atoms with van der Waals surface area (Å²) >= 11 is 0. The Morgan fingerprint density at radius 2 is 2.29 bits per heavy atom. The molecule has 0 aromatic carbocycles. The molecule has 4 nitrogen and oxygen atoms in total. The molecule has 0 radical (unpaired) electrons. The van der Waals surface area contributed by atoms with E-state index in [9.17, 15) is 18.7 Å². The molecule has 1 aliphatic heterocycles. The molecular weight excluding hydrogens is 194 g/mol. The molecule has 1 atom stereocenters. The van der Waals surface area contributed by atoms with Crippen LogP contribution in [0.25, 0.3) is 0 Å². The lowest BCUT2D eigenvalue weighted by atomic mass is 10.1. The Morgan fingerprint density at radius 1 is 1.71 bits per heavy atom. The molecule has 0 bridgehead atoms. The Labute approximate surface area is 80.7 Å². The average molecular weight is 208 g/mol. The molecule has 14 heavy (non-hydrogen) atoms. The zero-order valence-corrected chi connectivity index (χ0v) is 7.96. The Hall–Kier alpha value is -0.750. The highest BCUT2D eigenvalue weighted by atomic mass is 19.3. The fourth-order valence-corrected chi connectivity index (χ4v) is 1.44. The molecule has 3 N–H and O–H groups in total. The van der Waals surface area contributed by atoms with Crippen molar-refractivity contribution in [3.8, 4) is 0 Å². The SMILES string of the molecule is CC1(O)CCN(C(=O)C(F)(F)CN)C1. The second-order valence-electron chi connectivity index (χ2n) is 3.88. The molecule has 1 amide bonds. The van der Waals surface area contributed by atoms with Gasteiger partial charge in [-0.05, 0) is 13.3 Å². The zero-order chi connectivity index (χ0) is 11.0. The predicted molar refractivity (Wildman–Crippen MR) is 45.8 cm³/mol. The molecule has 1 rings (SSSR count). The minimum absolute atomic E-state index is 0.0541. The first-order chi connectivity index (χ1) is 6.28. The fraction of sp³-hybridized carbons (Fsp3) is 0.875. The van der Waals surface area contributed by atoms with Crippen LogP contribution < -0.4 is 5.73 Å². The number of carbonyl (C=O) groups is 1. The number of likely N-dealkylation sites (tertiary alicyclic amines) is 1. The standard InChI is InChI=1S/C8H14F2N2O2/c1-7(14)2-3-12(5-7)6(13)8(9,10)4-11/h14H,2-5,11H2,1H3. The molecule has 0 aromatic rings. The number of hydrogen-bond acceptors (Lipinski definition) is 3. The number of aliphatic hydroxyl groups is 1. The van der Waals surface area contributed by atoms with Crippen molar-refractivity contribution in [1.29, 1.82) is 0 Å². The third kappa shape index (κ3) is 2.19. The van der Waals surface area contributed by atoms with Crippen LogP contribution in [0, 0.1) is 0 Å². The molecule has 1 fully saturated rings. The number of halogens is 2. The second kappa shape index (κ2) is 3.43. The molecule has 1 unspecified atom stereocenters. The first-order valence-electron chi connectivity index (χ1n) is 4.38. The van der Waals surface area contributed by atoms with E-state index in [0.717, 1.165) is 4.90 Å². The molecule has 0 aliphatic carbocycles. The van der Waals surface area contributed by atoms with E-state index in [0.29, 0.717) is 6.42 Å². The van der Waals surface area contributed by atoms with E-state index in [1.54, 1.807) is 0 Å². The molecule has 82 valence electrons. The first-order valence-corrected chi connectivity index (χ1v) is 4.38. The van der Waals surface area contributed by atoms with Crippen molar-refractivity contribution in [2.24, 2.45) is 5.73 Å². The number of alkyl halides is 2. The van der Waals surface area contributed by atoms with Crippen LogP contribution in [0.1, 0.15) is 13.3 Å². The maximum absolute atomic E-state index is 12.9. The van der Waals surface area contributed by atoms with Gasteiger partial charge >= 0.3 is 5.92 Å². The Bertz CT molecular complexity index is 243. The summed E-state index contributed by atoms with van der Waals surface area (Å²) in [6.07, 6.45) is 0.319. The minimum atomic E-state index is -3.51. The lowest BCUT2D eigenvalue weighted by Crippen LogP contribution is -2.47. The van der Waals surface area contributed by atoms with Gasteiger partial charge in [0.15, 0.2) is 0 Å². The largest absolute Gasteiger partial charge is 0.388 e. The predicted octanol–water partition coefficient (Wildman–Crippen LogP) is -0.436. The van der Waals surface area contributed by atoms with Gasteiger partial charge in [-0.25, -0.2) is 0 Å². The van der Waals surface area contributed by atoms with Crippen molar-refractivity contribution in [1.82, 2.24) is 4.90 Å². The number of nitrogens with zero attached hydrogens (tertiary/aromatic N) is 1. The van der Waals surface area contributed by atoms with Crippen molar-refractivity contribution >= 4 is 5.91 Å². The molecule has 1 saturated heterocycles.